The molecule has 1 aromatic heterocycles. The average Bonchev–Trinajstić information content (AvgIpc) is 2.62. The van der Waals surface area contributed by atoms with Gasteiger partial charge in [0.1, 0.15) is 0 Å². The van der Waals surface area contributed by atoms with Crippen molar-refractivity contribution < 1.29 is 14.8 Å². The van der Waals surface area contributed by atoms with Crippen molar-refractivity contribution in [1.29, 1.82) is 0 Å². The van der Waals surface area contributed by atoms with Gasteiger partial charge in [-0.05, 0) is 12.0 Å². The first-order valence-corrected chi connectivity index (χ1v) is 6.03. The molecule has 1 aliphatic rings. The molecule has 0 radical (unpaired) electrons. The van der Waals surface area contributed by atoms with Gasteiger partial charge in [0.05, 0.1) is 11.3 Å². The Bertz CT molecular complexity index is 439. The van der Waals surface area contributed by atoms with E-state index in [0.717, 1.165) is 18.0 Å². The Morgan fingerprint density at radius 2 is 2.29 bits per heavy atom. The lowest BCUT2D eigenvalue weighted by molar-refractivity contribution is -0.380. The maximum absolute atomic E-state index is 10.5. The minimum Gasteiger partial charge on any atom is -0.481 e. The molecule has 1 fully saturated rings. The summed E-state index contributed by atoms with van der Waals surface area (Å²) in [6, 6.07) is 3.27. The number of carboxylic acid groups (broad SMARTS) is 1. The van der Waals surface area contributed by atoms with E-state index in [0.29, 0.717) is 6.54 Å². The number of rotatable bonds is 5. The van der Waals surface area contributed by atoms with Crippen molar-refractivity contribution >= 4 is 22.3 Å². The van der Waals surface area contributed by atoms with Crippen molar-refractivity contribution in [3.05, 3.63) is 27.1 Å². The summed E-state index contributed by atoms with van der Waals surface area (Å²) in [5, 5.41) is 19.2. The van der Waals surface area contributed by atoms with Gasteiger partial charge in [-0.2, -0.15) is 0 Å². The number of nitro groups is 1. The SMILES string of the molecule is O=C(O)CC1CN(Cc2ccc([N+](=O)[O-])s2)C1. The second kappa shape index (κ2) is 4.80. The minimum absolute atomic E-state index is 0.155. The molecule has 0 amide bonds. The van der Waals surface area contributed by atoms with Crippen LogP contribution >= 0.6 is 11.3 Å². The molecule has 7 heteroatoms. The summed E-state index contributed by atoms with van der Waals surface area (Å²) in [4.78, 5) is 23.6. The lowest BCUT2D eigenvalue weighted by Crippen LogP contribution is -2.46. The van der Waals surface area contributed by atoms with E-state index in [1.807, 2.05) is 0 Å². The van der Waals surface area contributed by atoms with Crippen LogP contribution in [0.4, 0.5) is 5.00 Å². The number of thiophene rings is 1. The highest BCUT2D eigenvalue weighted by Crippen LogP contribution is 2.28. The van der Waals surface area contributed by atoms with Crippen LogP contribution in [0.2, 0.25) is 0 Å². The highest BCUT2D eigenvalue weighted by atomic mass is 32.1. The quantitative estimate of drug-likeness (QED) is 0.638. The normalized spacial score (nSPS) is 16.7. The van der Waals surface area contributed by atoms with Crippen LogP contribution in [0.1, 0.15) is 11.3 Å². The molecule has 6 nitrogen and oxygen atoms in total. The molecule has 0 aromatic carbocycles. The zero-order chi connectivity index (χ0) is 12.4. The van der Waals surface area contributed by atoms with E-state index in [9.17, 15) is 14.9 Å². The number of aliphatic carboxylic acids is 1. The van der Waals surface area contributed by atoms with Crippen LogP contribution < -0.4 is 0 Å². The van der Waals surface area contributed by atoms with Crippen LogP contribution in [0.15, 0.2) is 12.1 Å². The van der Waals surface area contributed by atoms with Gasteiger partial charge in [0.25, 0.3) is 0 Å². The molecular weight excluding hydrogens is 244 g/mol. The molecule has 0 atom stereocenters. The van der Waals surface area contributed by atoms with E-state index >= 15 is 0 Å². The van der Waals surface area contributed by atoms with E-state index in [1.165, 1.54) is 17.4 Å². The lowest BCUT2D eigenvalue weighted by Gasteiger charge is -2.38. The second-order valence-electron chi connectivity index (χ2n) is 4.16. The van der Waals surface area contributed by atoms with E-state index < -0.39 is 10.9 Å². The topological polar surface area (TPSA) is 83.7 Å². The van der Waals surface area contributed by atoms with Crippen molar-refractivity contribution in [2.75, 3.05) is 13.1 Å². The van der Waals surface area contributed by atoms with Gasteiger partial charge in [0, 0.05) is 30.6 Å². The summed E-state index contributed by atoms with van der Waals surface area (Å²) < 4.78 is 0. The fourth-order valence-electron chi connectivity index (χ4n) is 1.95. The first-order valence-electron chi connectivity index (χ1n) is 5.22. The summed E-state index contributed by atoms with van der Waals surface area (Å²) in [5.41, 5.74) is 0. The average molecular weight is 256 g/mol. The van der Waals surface area contributed by atoms with Crippen molar-refractivity contribution in [1.82, 2.24) is 4.90 Å². The molecule has 1 N–H and O–H groups in total. The fourth-order valence-corrected chi connectivity index (χ4v) is 2.81. The molecule has 2 heterocycles. The Balaban J connectivity index is 1.79. The van der Waals surface area contributed by atoms with Crippen LogP contribution in [0.25, 0.3) is 0 Å². The lowest BCUT2D eigenvalue weighted by atomic mass is 9.96. The molecule has 0 unspecified atom stereocenters. The van der Waals surface area contributed by atoms with Gasteiger partial charge >= 0.3 is 11.0 Å². The summed E-state index contributed by atoms with van der Waals surface area (Å²) in [6.45, 7) is 2.20. The van der Waals surface area contributed by atoms with Gasteiger partial charge in [0.2, 0.25) is 0 Å². The van der Waals surface area contributed by atoms with Crippen molar-refractivity contribution in [3.63, 3.8) is 0 Å². The number of hydrogen-bond donors (Lipinski definition) is 1. The molecule has 1 saturated heterocycles. The van der Waals surface area contributed by atoms with Crippen molar-refractivity contribution in [2.24, 2.45) is 5.92 Å². The number of hydrogen-bond acceptors (Lipinski definition) is 5. The predicted molar refractivity (Wildman–Crippen MR) is 62.0 cm³/mol. The Morgan fingerprint density at radius 1 is 1.59 bits per heavy atom. The van der Waals surface area contributed by atoms with Crippen LogP contribution in [0, 0.1) is 16.0 Å². The van der Waals surface area contributed by atoms with Crippen LogP contribution in [0.3, 0.4) is 0 Å². The fraction of sp³-hybridized carbons (Fsp3) is 0.500. The van der Waals surface area contributed by atoms with E-state index in [1.54, 1.807) is 6.07 Å². The highest BCUT2D eigenvalue weighted by molar-refractivity contribution is 7.15. The molecule has 1 aromatic rings. The van der Waals surface area contributed by atoms with E-state index in [-0.39, 0.29) is 17.3 Å². The van der Waals surface area contributed by atoms with Gasteiger partial charge < -0.3 is 5.11 Å². The molecule has 0 aliphatic carbocycles. The third kappa shape index (κ3) is 3.01. The first-order chi connectivity index (χ1) is 8.04. The van der Waals surface area contributed by atoms with Crippen LogP contribution in [0.5, 0.6) is 0 Å². The summed E-state index contributed by atoms with van der Waals surface area (Å²) in [5.74, 6) is -0.538. The molecule has 0 bridgehead atoms. The Morgan fingerprint density at radius 3 is 2.82 bits per heavy atom. The van der Waals surface area contributed by atoms with Crippen LogP contribution in [-0.4, -0.2) is 34.0 Å². The number of carbonyl (C=O) groups is 1. The zero-order valence-electron chi connectivity index (χ0n) is 9.04. The summed E-state index contributed by atoms with van der Waals surface area (Å²) in [6.07, 6.45) is 0.209. The van der Waals surface area contributed by atoms with Crippen LogP contribution in [-0.2, 0) is 11.3 Å². The molecule has 0 saturated carbocycles. The highest BCUT2D eigenvalue weighted by Gasteiger charge is 2.28. The molecular formula is C10H12N2O4S. The first kappa shape index (κ1) is 12.0. The van der Waals surface area contributed by atoms with Gasteiger partial charge in [-0.3, -0.25) is 19.8 Å². The van der Waals surface area contributed by atoms with Crippen molar-refractivity contribution in [3.8, 4) is 0 Å². The minimum atomic E-state index is -0.763. The van der Waals surface area contributed by atoms with Crippen molar-refractivity contribution in [2.45, 2.75) is 13.0 Å². The Kier molecular flexibility index (Phi) is 3.39. The molecule has 17 heavy (non-hydrogen) atoms. The molecule has 1 aliphatic heterocycles. The maximum atomic E-state index is 10.5. The Labute approximate surface area is 102 Å². The monoisotopic (exact) mass is 256 g/mol. The third-order valence-corrected chi connectivity index (χ3v) is 3.72. The van der Waals surface area contributed by atoms with Gasteiger partial charge in [-0.25, -0.2) is 0 Å². The number of carboxylic acids is 1. The molecule has 0 spiro atoms. The van der Waals surface area contributed by atoms with Gasteiger partial charge in [-0.15, -0.1) is 0 Å². The van der Waals surface area contributed by atoms with Gasteiger partial charge in [0.15, 0.2) is 0 Å². The molecule has 92 valence electrons. The second-order valence-corrected chi connectivity index (χ2v) is 5.30. The van der Waals surface area contributed by atoms with Gasteiger partial charge in [-0.1, -0.05) is 11.3 Å². The Hall–Kier alpha value is -1.47. The molecule has 2 rings (SSSR count). The zero-order valence-corrected chi connectivity index (χ0v) is 9.85. The maximum Gasteiger partial charge on any atom is 0.324 e. The number of likely N-dealkylation sites (tertiary alicyclic amines) is 1. The number of nitrogens with zero attached hydrogens (tertiary/aromatic N) is 2. The summed E-state index contributed by atoms with van der Waals surface area (Å²) >= 11 is 1.18. The third-order valence-electron chi connectivity index (χ3n) is 2.70. The smallest absolute Gasteiger partial charge is 0.324 e. The predicted octanol–water partition coefficient (Wildman–Crippen LogP) is 1.56. The van der Waals surface area contributed by atoms with E-state index in [4.69, 9.17) is 5.11 Å². The standard InChI is InChI=1S/C10H12N2O4S/c13-10(14)3-7-4-11(5-7)6-8-1-2-9(17-8)12(15)16/h1-2,7H,3-6H2,(H,13,14). The van der Waals surface area contributed by atoms with E-state index in [2.05, 4.69) is 4.90 Å². The largest absolute Gasteiger partial charge is 0.481 e. The summed E-state index contributed by atoms with van der Waals surface area (Å²) in [7, 11) is 0.